The molecule has 0 saturated carbocycles. The molecule has 6 heteroatoms. The lowest BCUT2D eigenvalue weighted by atomic mass is 10.3. The highest BCUT2D eigenvalue weighted by atomic mass is 79.9. The molecule has 0 bridgehead atoms. The van der Waals surface area contributed by atoms with Gasteiger partial charge in [-0.1, -0.05) is 15.9 Å². The van der Waals surface area contributed by atoms with Crippen LogP contribution in [0.15, 0.2) is 27.7 Å². The van der Waals surface area contributed by atoms with E-state index in [1.165, 1.54) is 0 Å². The molecule has 0 atom stereocenters. The first-order valence-electron chi connectivity index (χ1n) is 6.97. The molecule has 0 saturated heterocycles. The molecule has 2 aromatic rings. The molecule has 0 N–H and O–H groups in total. The summed E-state index contributed by atoms with van der Waals surface area (Å²) in [5, 5.41) is 0. The molecule has 5 nitrogen and oxygen atoms in total. The summed E-state index contributed by atoms with van der Waals surface area (Å²) in [5.41, 5.74) is 2.16. The Bertz CT molecular complexity index is 647. The Labute approximate surface area is 134 Å². The van der Waals surface area contributed by atoms with Crippen LogP contribution in [0.3, 0.4) is 0 Å². The number of imidazole rings is 1. The Morgan fingerprint density at radius 1 is 1.24 bits per heavy atom. The van der Waals surface area contributed by atoms with Gasteiger partial charge in [0, 0.05) is 39.2 Å². The Kier molecular flexibility index (Phi) is 4.88. The molecule has 114 valence electrons. The second-order valence-corrected chi connectivity index (χ2v) is 6.23. The van der Waals surface area contributed by atoms with Crippen molar-refractivity contribution < 1.29 is 0 Å². The highest BCUT2D eigenvalue weighted by molar-refractivity contribution is 9.10. The Morgan fingerprint density at radius 2 is 1.90 bits per heavy atom. The van der Waals surface area contributed by atoms with Gasteiger partial charge in [0.2, 0.25) is 0 Å². The van der Waals surface area contributed by atoms with Crippen LogP contribution < -0.4 is 0 Å². The Balaban J connectivity index is 2.40. The van der Waals surface area contributed by atoms with E-state index >= 15 is 0 Å². The first-order chi connectivity index (χ1) is 9.93. The molecule has 0 spiro atoms. The average Bonchev–Trinajstić information content (AvgIpc) is 2.74. The van der Waals surface area contributed by atoms with Gasteiger partial charge in [-0.15, -0.1) is 0 Å². The third kappa shape index (κ3) is 3.37. The summed E-state index contributed by atoms with van der Waals surface area (Å²) in [6.45, 7) is 3.60. The van der Waals surface area contributed by atoms with Crippen molar-refractivity contribution in [1.29, 1.82) is 0 Å². The lowest BCUT2D eigenvalue weighted by molar-refractivity contribution is 0.478. The summed E-state index contributed by atoms with van der Waals surface area (Å²) in [7, 11) is 8.00. The van der Waals surface area contributed by atoms with Crippen LogP contribution in [0.25, 0.3) is 11.0 Å². The number of benzene rings is 1. The van der Waals surface area contributed by atoms with E-state index in [4.69, 9.17) is 9.98 Å². The molecule has 1 aromatic carbocycles. The number of aromatic nitrogens is 2. The van der Waals surface area contributed by atoms with Gasteiger partial charge in [0.1, 0.15) is 12.4 Å². The Morgan fingerprint density at radius 3 is 2.48 bits per heavy atom. The number of hydrogen-bond acceptors (Lipinski definition) is 2. The van der Waals surface area contributed by atoms with Gasteiger partial charge in [-0.3, -0.25) is 0 Å². The lowest BCUT2D eigenvalue weighted by Gasteiger charge is -2.22. The molecule has 0 unspecified atom stereocenters. The van der Waals surface area contributed by atoms with Crippen LogP contribution in [0.1, 0.15) is 12.7 Å². The van der Waals surface area contributed by atoms with E-state index in [1.807, 2.05) is 50.1 Å². The smallest absolute Gasteiger partial charge is 0.195 e. The second-order valence-electron chi connectivity index (χ2n) is 5.31. The zero-order valence-electron chi connectivity index (χ0n) is 13.3. The molecule has 0 aliphatic carbocycles. The summed E-state index contributed by atoms with van der Waals surface area (Å²) in [6.07, 6.45) is 0. The molecule has 0 radical (unpaired) electrons. The van der Waals surface area contributed by atoms with Gasteiger partial charge in [-0.2, -0.15) is 0 Å². The molecule has 2 rings (SSSR count). The van der Waals surface area contributed by atoms with Crippen LogP contribution in [-0.2, 0) is 13.1 Å². The first-order valence-corrected chi connectivity index (χ1v) is 7.77. The fourth-order valence-corrected chi connectivity index (χ4v) is 2.80. The van der Waals surface area contributed by atoms with Gasteiger partial charge < -0.3 is 14.4 Å². The minimum absolute atomic E-state index is 0.575. The number of rotatable bonds is 3. The number of aliphatic imine (C=N–C) groups is 1. The molecule has 1 heterocycles. The van der Waals surface area contributed by atoms with E-state index in [0.29, 0.717) is 6.54 Å². The van der Waals surface area contributed by atoms with Crippen LogP contribution in [0.2, 0.25) is 0 Å². The highest BCUT2D eigenvalue weighted by Gasteiger charge is 2.11. The molecule has 21 heavy (non-hydrogen) atoms. The number of aryl methyl sites for hydroxylation is 1. The van der Waals surface area contributed by atoms with Gasteiger partial charge in [0.05, 0.1) is 11.0 Å². The molecule has 0 aliphatic heterocycles. The number of hydrogen-bond donors (Lipinski definition) is 0. The normalized spacial score (nSPS) is 10.8. The standard InChI is InChI=1S/C15H22BrN5/c1-6-21-13-8-7-11(16)9-12(13)18-14(21)10-17-15(19(2)3)20(4)5/h7-9H,6,10H2,1-5H3. The van der Waals surface area contributed by atoms with E-state index in [-0.39, 0.29) is 0 Å². The molecule has 0 aliphatic rings. The van der Waals surface area contributed by atoms with Crippen molar-refractivity contribution in [2.24, 2.45) is 4.99 Å². The van der Waals surface area contributed by atoms with E-state index < -0.39 is 0 Å². The molecule has 0 amide bonds. The first kappa shape index (κ1) is 15.8. The van der Waals surface area contributed by atoms with E-state index in [2.05, 4.69) is 33.5 Å². The SMILES string of the molecule is CCn1c(CN=C(N(C)C)N(C)C)nc2cc(Br)ccc21. The fraction of sp³-hybridized carbons (Fsp3) is 0.467. The summed E-state index contributed by atoms with van der Waals surface area (Å²) < 4.78 is 3.27. The van der Waals surface area contributed by atoms with Gasteiger partial charge in [0.15, 0.2) is 5.96 Å². The van der Waals surface area contributed by atoms with Crippen molar-refractivity contribution >= 4 is 32.9 Å². The molecule has 1 aromatic heterocycles. The van der Waals surface area contributed by atoms with Crippen molar-refractivity contribution in [3.05, 3.63) is 28.5 Å². The number of nitrogens with zero attached hydrogens (tertiary/aromatic N) is 5. The van der Waals surface area contributed by atoms with E-state index in [0.717, 1.165) is 33.8 Å². The minimum atomic E-state index is 0.575. The second kappa shape index (κ2) is 6.47. The third-order valence-electron chi connectivity index (χ3n) is 3.27. The zero-order valence-corrected chi connectivity index (χ0v) is 14.8. The minimum Gasteiger partial charge on any atom is -0.349 e. The average molecular weight is 352 g/mol. The summed E-state index contributed by atoms with van der Waals surface area (Å²) in [6, 6.07) is 6.20. The van der Waals surface area contributed by atoms with E-state index in [9.17, 15) is 0 Å². The van der Waals surface area contributed by atoms with E-state index in [1.54, 1.807) is 0 Å². The predicted octanol–water partition coefficient (Wildman–Crippen LogP) is 2.80. The largest absolute Gasteiger partial charge is 0.349 e. The molecular formula is C15H22BrN5. The van der Waals surface area contributed by atoms with Gasteiger partial charge in [-0.05, 0) is 25.1 Å². The van der Waals surface area contributed by atoms with Crippen LogP contribution in [0.4, 0.5) is 0 Å². The van der Waals surface area contributed by atoms with Crippen LogP contribution in [-0.4, -0.2) is 53.5 Å². The van der Waals surface area contributed by atoms with Gasteiger partial charge >= 0.3 is 0 Å². The van der Waals surface area contributed by atoms with Crippen LogP contribution >= 0.6 is 15.9 Å². The third-order valence-corrected chi connectivity index (χ3v) is 3.76. The summed E-state index contributed by atoms with van der Waals surface area (Å²) >= 11 is 3.50. The number of halogens is 1. The van der Waals surface area contributed by atoms with Crippen molar-refractivity contribution in [1.82, 2.24) is 19.4 Å². The summed E-state index contributed by atoms with van der Waals surface area (Å²) in [4.78, 5) is 13.4. The predicted molar refractivity (Wildman–Crippen MR) is 91.6 cm³/mol. The summed E-state index contributed by atoms with van der Waals surface area (Å²) in [5.74, 6) is 1.93. The Hall–Kier alpha value is -1.56. The quantitative estimate of drug-likeness (QED) is 0.630. The lowest BCUT2D eigenvalue weighted by Crippen LogP contribution is -2.35. The maximum Gasteiger partial charge on any atom is 0.195 e. The van der Waals surface area contributed by atoms with Crippen molar-refractivity contribution in [3.8, 4) is 0 Å². The highest BCUT2D eigenvalue weighted by Crippen LogP contribution is 2.21. The van der Waals surface area contributed by atoms with Crippen LogP contribution in [0.5, 0.6) is 0 Å². The maximum atomic E-state index is 4.72. The number of fused-ring (bicyclic) bond motifs is 1. The zero-order chi connectivity index (χ0) is 15.6. The number of guanidine groups is 1. The fourth-order valence-electron chi connectivity index (χ4n) is 2.45. The maximum absolute atomic E-state index is 4.72. The van der Waals surface area contributed by atoms with Crippen molar-refractivity contribution in [2.45, 2.75) is 20.0 Å². The van der Waals surface area contributed by atoms with Crippen LogP contribution in [0, 0.1) is 0 Å². The van der Waals surface area contributed by atoms with Crippen molar-refractivity contribution in [3.63, 3.8) is 0 Å². The topological polar surface area (TPSA) is 36.7 Å². The monoisotopic (exact) mass is 351 g/mol. The molecular weight excluding hydrogens is 330 g/mol. The molecule has 0 fully saturated rings. The van der Waals surface area contributed by atoms with Gasteiger partial charge in [0.25, 0.3) is 0 Å². The van der Waals surface area contributed by atoms with Crippen molar-refractivity contribution in [2.75, 3.05) is 28.2 Å². The van der Waals surface area contributed by atoms with Gasteiger partial charge in [-0.25, -0.2) is 9.98 Å².